The van der Waals surface area contributed by atoms with Gasteiger partial charge in [-0.2, -0.15) is 0 Å². The minimum atomic E-state index is 0.288. The van der Waals surface area contributed by atoms with Gasteiger partial charge in [0, 0.05) is 6.42 Å². The molecule has 0 bridgehead atoms. The quantitative estimate of drug-likeness (QED) is 0.284. The van der Waals surface area contributed by atoms with E-state index in [2.05, 4.69) is 32.4 Å². The standard InChI is InChI=1S/C11H18O.C2H4/c1-4-11(5-2)9-7-6-8-10(3)12;1-2/h4-5,12H,1,3,6-9H2,2H3;1-2H2/b11-5+;. The Kier molecular flexibility index (Phi) is 12.8. The first-order chi connectivity index (χ1) is 6.70. The highest BCUT2D eigenvalue weighted by Crippen LogP contribution is 2.11. The van der Waals surface area contributed by atoms with Gasteiger partial charge in [-0.1, -0.05) is 30.9 Å². The number of allylic oxidation sites excluding steroid dienone is 4. The Morgan fingerprint density at radius 2 is 1.71 bits per heavy atom. The maximum Gasteiger partial charge on any atom is 0.0851 e. The van der Waals surface area contributed by atoms with Gasteiger partial charge >= 0.3 is 0 Å². The van der Waals surface area contributed by atoms with Crippen LogP contribution >= 0.6 is 0 Å². The lowest BCUT2D eigenvalue weighted by atomic mass is 10.1. The van der Waals surface area contributed by atoms with Crippen LogP contribution in [0.15, 0.2) is 49.8 Å². The van der Waals surface area contributed by atoms with Crippen molar-refractivity contribution in [2.45, 2.75) is 32.6 Å². The van der Waals surface area contributed by atoms with Crippen LogP contribution in [0, 0.1) is 0 Å². The molecule has 0 fully saturated rings. The highest BCUT2D eigenvalue weighted by Gasteiger charge is 1.93. The van der Waals surface area contributed by atoms with Crippen LogP contribution in [0.25, 0.3) is 0 Å². The van der Waals surface area contributed by atoms with Crippen molar-refractivity contribution in [2.75, 3.05) is 0 Å². The fraction of sp³-hybridized carbons (Fsp3) is 0.385. The number of hydrogen-bond donors (Lipinski definition) is 1. The van der Waals surface area contributed by atoms with Crippen molar-refractivity contribution in [3.8, 4) is 0 Å². The van der Waals surface area contributed by atoms with Gasteiger partial charge in [0.2, 0.25) is 0 Å². The van der Waals surface area contributed by atoms with Gasteiger partial charge in [-0.25, -0.2) is 0 Å². The Bertz CT molecular complexity index is 189. The molecule has 0 aliphatic rings. The SMILES string of the molecule is C=C.C=C/C(=C\C)CCCCC(=C)O. The molecule has 0 rings (SSSR count). The van der Waals surface area contributed by atoms with Crippen LogP contribution in [0.4, 0.5) is 0 Å². The van der Waals surface area contributed by atoms with E-state index in [1.165, 1.54) is 5.57 Å². The molecule has 0 amide bonds. The second-order valence-corrected chi connectivity index (χ2v) is 2.84. The predicted molar refractivity (Wildman–Crippen MR) is 65.4 cm³/mol. The van der Waals surface area contributed by atoms with Gasteiger partial charge in [0.1, 0.15) is 0 Å². The molecule has 0 saturated carbocycles. The summed E-state index contributed by atoms with van der Waals surface area (Å²) in [6.45, 7) is 15.2. The summed E-state index contributed by atoms with van der Waals surface area (Å²) < 4.78 is 0. The van der Waals surface area contributed by atoms with Crippen molar-refractivity contribution in [3.05, 3.63) is 49.8 Å². The highest BCUT2D eigenvalue weighted by molar-refractivity contribution is 5.14. The predicted octanol–water partition coefficient (Wildman–Crippen LogP) is 4.55. The molecular formula is C13H22O. The normalized spacial score (nSPS) is 9.93. The molecule has 0 heterocycles. The summed E-state index contributed by atoms with van der Waals surface area (Å²) in [6.07, 6.45) is 7.81. The maximum atomic E-state index is 8.80. The highest BCUT2D eigenvalue weighted by atomic mass is 16.3. The van der Waals surface area contributed by atoms with E-state index in [0.29, 0.717) is 6.42 Å². The van der Waals surface area contributed by atoms with Crippen LogP contribution in [0.1, 0.15) is 32.6 Å². The third-order valence-corrected chi connectivity index (χ3v) is 1.81. The Labute approximate surface area is 88.2 Å². The van der Waals surface area contributed by atoms with Crippen LogP contribution in [0.5, 0.6) is 0 Å². The lowest BCUT2D eigenvalue weighted by molar-refractivity contribution is 0.385. The number of hydrogen-bond acceptors (Lipinski definition) is 1. The molecule has 0 radical (unpaired) electrons. The fourth-order valence-electron chi connectivity index (χ4n) is 1.02. The molecule has 0 aliphatic heterocycles. The van der Waals surface area contributed by atoms with Crippen LogP contribution in [-0.4, -0.2) is 5.11 Å². The molecule has 0 unspecified atom stereocenters. The van der Waals surface area contributed by atoms with E-state index in [9.17, 15) is 0 Å². The van der Waals surface area contributed by atoms with Crippen molar-refractivity contribution in [1.29, 1.82) is 0 Å². The number of rotatable bonds is 6. The van der Waals surface area contributed by atoms with Crippen molar-refractivity contribution in [2.24, 2.45) is 0 Å². The van der Waals surface area contributed by atoms with Crippen molar-refractivity contribution >= 4 is 0 Å². The zero-order valence-corrected chi connectivity index (χ0v) is 9.26. The third-order valence-electron chi connectivity index (χ3n) is 1.81. The zero-order chi connectivity index (χ0) is 11.4. The van der Waals surface area contributed by atoms with Gasteiger partial charge in [0.15, 0.2) is 0 Å². The molecule has 0 aromatic heterocycles. The largest absolute Gasteiger partial charge is 0.513 e. The van der Waals surface area contributed by atoms with Gasteiger partial charge in [-0.15, -0.1) is 13.2 Å². The lowest BCUT2D eigenvalue weighted by Crippen LogP contribution is -1.82. The van der Waals surface area contributed by atoms with Gasteiger partial charge in [0.05, 0.1) is 5.76 Å². The molecule has 1 N–H and O–H groups in total. The Morgan fingerprint density at radius 1 is 1.21 bits per heavy atom. The molecule has 0 spiro atoms. The van der Waals surface area contributed by atoms with Crippen LogP contribution in [-0.2, 0) is 0 Å². The monoisotopic (exact) mass is 194 g/mol. The summed E-state index contributed by atoms with van der Waals surface area (Å²) in [7, 11) is 0. The molecule has 0 aromatic carbocycles. The molecule has 1 nitrogen and oxygen atoms in total. The Balaban J connectivity index is 0. The summed E-state index contributed by atoms with van der Waals surface area (Å²) in [6, 6.07) is 0. The third kappa shape index (κ3) is 10.8. The summed E-state index contributed by atoms with van der Waals surface area (Å²) in [5.74, 6) is 0.288. The van der Waals surface area contributed by atoms with E-state index >= 15 is 0 Å². The summed E-state index contributed by atoms with van der Waals surface area (Å²) in [5, 5.41) is 8.80. The van der Waals surface area contributed by atoms with Crippen molar-refractivity contribution < 1.29 is 5.11 Å². The maximum absolute atomic E-state index is 8.80. The van der Waals surface area contributed by atoms with Gasteiger partial charge in [0.25, 0.3) is 0 Å². The van der Waals surface area contributed by atoms with Gasteiger partial charge in [-0.05, 0) is 26.2 Å². The van der Waals surface area contributed by atoms with Gasteiger partial charge in [-0.3, -0.25) is 0 Å². The van der Waals surface area contributed by atoms with E-state index in [0.717, 1.165) is 19.3 Å². The van der Waals surface area contributed by atoms with E-state index < -0.39 is 0 Å². The topological polar surface area (TPSA) is 20.2 Å². The van der Waals surface area contributed by atoms with Crippen molar-refractivity contribution in [1.82, 2.24) is 0 Å². The first-order valence-electron chi connectivity index (χ1n) is 4.85. The first kappa shape index (κ1) is 15.2. The molecule has 80 valence electrons. The fourth-order valence-corrected chi connectivity index (χ4v) is 1.02. The molecular weight excluding hydrogens is 172 g/mol. The minimum absolute atomic E-state index is 0.288. The molecule has 1 heteroatoms. The Hall–Kier alpha value is -1.24. The number of aliphatic hydroxyl groups is 1. The van der Waals surface area contributed by atoms with E-state index in [4.69, 9.17) is 5.11 Å². The number of unbranched alkanes of at least 4 members (excludes halogenated alkanes) is 1. The van der Waals surface area contributed by atoms with Crippen LogP contribution < -0.4 is 0 Å². The second-order valence-electron chi connectivity index (χ2n) is 2.84. The molecule has 0 aromatic rings. The summed E-state index contributed by atoms with van der Waals surface area (Å²) in [5.41, 5.74) is 1.28. The molecule has 0 saturated heterocycles. The summed E-state index contributed by atoms with van der Waals surface area (Å²) in [4.78, 5) is 0. The number of aliphatic hydroxyl groups excluding tert-OH is 1. The average molecular weight is 194 g/mol. The molecule has 0 aliphatic carbocycles. The smallest absolute Gasteiger partial charge is 0.0851 e. The van der Waals surface area contributed by atoms with E-state index in [-0.39, 0.29) is 5.76 Å². The molecule has 0 atom stereocenters. The Morgan fingerprint density at radius 3 is 2.07 bits per heavy atom. The van der Waals surface area contributed by atoms with Gasteiger partial charge < -0.3 is 5.11 Å². The van der Waals surface area contributed by atoms with Crippen LogP contribution in [0.2, 0.25) is 0 Å². The second kappa shape index (κ2) is 11.8. The zero-order valence-electron chi connectivity index (χ0n) is 9.26. The van der Waals surface area contributed by atoms with Crippen molar-refractivity contribution in [3.63, 3.8) is 0 Å². The van der Waals surface area contributed by atoms with E-state index in [1.807, 2.05) is 13.0 Å². The molecule has 14 heavy (non-hydrogen) atoms. The lowest BCUT2D eigenvalue weighted by Gasteiger charge is -2.00. The minimum Gasteiger partial charge on any atom is -0.513 e. The van der Waals surface area contributed by atoms with E-state index in [1.54, 1.807) is 0 Å². The summed E-state index contributed by atoms with van der Waals surface area (Å²) >= 11 is 0. The first-order valence-corrected chi connectivity index (χ1v) is 4.85. The average Bonchev–Trinajstić information content (AvgIpc) is 2.21. The van der Waals surface area contributed by atoms with Crippen LogP contribution in [0.3, 0.4) is 0 Å².